The Morgan fingerprint density at radius 2 is 2.29 bits per heavy atom. The summed E-state index contributed by atoms with van der Waals surface area (Å²) in [4.78, 5) is 4.41. The van der Waals surface area contributed by atoms with Gasteiger partial charge in [-0.2, -0.15) is 0 Å². The molecule has 2 rings (SSSR count). The molecule has 2 aromatic rings. The molecule has 0 bridgehead atoms. The Morgan fingerprint density at radius 1 is 1.53 bits per heavy atom. The Morgan fingerprint density at radius 3 is 2.94 bits per heavy atom. The van der Waals surface area contributed by atoms with Gasteiger partial charge < -0.3 is 5.73 Å². The van der Waals surface area contributed by atoms with E-state index in [1.54, 1.807) is 11.3 Å². The van der Waals surface area contributed by atoms with Crippen molar-refractivity contribution in [1.82, 2.24) is 4.98 Å². The fraction of sp³-hybridized carbons (Fsp3) is 0.250. The first-order valence-corrected chi connectivity index (χ1v) is 7.23. The first-order valence-electron chi connectivity index (χ1n) is 5.18. The number of hydrogen-bond donors (Lipinski definition) is 1. The van der Waals surface area contributed by atoms with Crippen molar-refractivity contribution in [3.63, 3.8) is 0 Å². The first kappa shape index (κ1) is 13.0. The second kappa shape index (κ2) is 5.48. The number of aryl methyl sites for hydroxylation is 1. The number of halogens is 2. The third-order valence-corrected chi connectivity index (χ3v) is 4.61. The summed E-state index contributed by atoms with van der Waals surface area (Å²) in [6.07, 6.45) is 0.709. The highest BCUT2D eigenvalue weighted by molar-refractivity contribution is 9.10. The summed E-state index contributed by atoms with van der Waals surface area (Å²) >= 11 is 11.3. The van der Waals surface area contributed by atoms with Gasteiger partial charge in [-0.15, -0.1) is 11.3 Å². The lowest BCUT2D eigenvalue weighted by molar-refractivity contribution is 0.709. The smallest absolute Gasteiger partial charge is 0.0897 e. The molecule has 2 nitrogen and oxygen atoms in total. The molecule has 0 aliphatic rings. The fourth-order valence-corrected chi connectivity index (χ4v) is 2.92. The van der Waals surface area contributed by atoms with Crippen LogP contribution in [0.3, 0.4) is 0 Å². The van der Waals surface area contributed by atoms with Gasteiger partial charge in [-0.25, -0.2) is 4.98 Å². The molecular weight excluding hydrogens is 320 g/mol. The molecule has 0 spiro atoms. The number of hydrogen-bond acceptors (Lipinski definition) is 3. The van der Waals surface area contributed by atoms with E-state index in [0.717, 1.165) is 20.7 Å². The number of benzene rings is 1. The van der Waals surface area contributed by atoms with Crippen LogP contribution in [0.5, 0.6) is 0 Å². The first-order chi connectivity index (χ1) is 8.08. The quantitative estimate of drug-likeness (QED) is 0.919. The number of rotatable bonds is 3. The van der Waals surface area contributed by atoms with Crippen molar-refractivity contribution < 1.29 is 0 Å². The SMILES string of the molecule is Cc1nc(CC(N)c2cccc(Br)c2Cl)cs1. The molecular formula is C12H12BrClN2S. The Bertz CT molecular complexity index is 527. The molecule has 0 amide bonds. The van der Waals surface area contributed by atoms with Crippen LogP contribution in [0.2, 0.25) is 5.02 Å². The molecule has 1 heterocycles. The van der Waals surface area contributed by atoms with E-state index in [2.05, 4.69) is 20.9 Å². The van der Waals surface area contributed by atoms with Crippen LogP contribution in [-0.2, 0) is 6.42 Å². The van der Waals surface area contributed by atoms with Crippen molar-refractivity contribution in [3.8, 4) is 0 Å². The van der Waals surface area contributed by atoms with Gasteiger partial charge in [0.15, 0.2) is 0 Å². The number of nitrogens with zero attached hydrogens (tertiary/aromatic N) is 1. The molecule has 0 saturated carbocycles. The highest BCUT2D eigenvalue weighted by atomic mass is 79.9. The number of thiazole rings is 1. The van der Waals surface area contributed by atoms with Crippen molar-refractivity contribution in [1.29, 1.82) is 0 Å². The molecule has 0 radical (unpaired) electrons. The van der Waals surface area contributed by atoms with Gasteiger partial charge in [-0.3, -0.25) is 0 Å². The largest absolute Gasteiger partial charge is 0.324 e. The van der Waals surface area contributed by atoms with Gasteiger partial charge in [0, 0.05) is 22.3 Å². The fourth-order valence-electron chi connectivity index (χ4n) is 1.64. The van der Waals surface area contributed by atoms with E-state index in [1.165, 1.54) is 0 Å². The Hall–Kier alpha value is -0.420. The third kappa shape index (κ3) is 3.07. The van der Waals surface area contributed by atoms with Crippen LogP contribution in [0.25, 0.3) is 0 Å². The standard InChI is InChI=1S/C12H12BrClN2S/c1-7-16-8(6-17-7)5-11(15)9-3-2-4-10(13)12(9)14/h2-4,6,11H,5,15H2,1H3. The Kier molecular flexibility index (Phi) is 4.20. The van der Waals surface area contributed by atoms with Crippen LogP contribution in [-0.4, -0.2) is 4.98 Å². The van der Waals surface area contributed by atoms with Crippen LogP contribution >= 0.6 is 38.9 Å². The van der Waals surface area contributed by atoms with Crippen molar-refractivity contribution in [2.75, 3.05) is 0 Å². The summed E-state index contributed by atoms with van der Waals surface area (Å²) in [6, 6.07) is 5.68. The third-order valence-electron chi connectivity index (χ3n) is 2.48. The molecule has 2 N–H and O–H groups in total. The monoisotopic (exact) mass is 330 g/mol. The maximum absolute atomic E-state index is 6.21. The maximum atomic E-state index is 6.21. The summed E-state index contributed by atoms with van der Waals surface area (Å²) in [5.41, 5.74) is 8.14. The minimum absolute atomic E-state index is 0.124. The van der Waals surface area contributed by atoms with Gasteiger partial charge >= 0.3 is 0 Å². The van der Waals surface area contributed by atoms with Crippen LogP contribution < -0.4 is 5.73 Å². The zero-order chi connectivity index (χ0) is 12.4. The molecule has 1 atom stereocenters. The second-order valence-electron chi connectivity index (χ2n) is 3.81. The highest BCUT2D eigenvalue weighted by Gasteiger charge is 2.13. The molecule has 0 fully saturated rings. The summed E-state index contributed by atoms with van der Waals surface area (Å²) in [6.45, 7) is 1.99. The Labute approximate surface area is 118 Å². The zero-order valence-electron chi connectivity index (χ0n) is 9.28. The van der Waals surface area contributed by atoms with Crippen molar-refractivity contribution in [2.24, 2.45) is 5.73 Å². The second-order valence-corrected chi connectivity index (χ2v) is 6.11. The molecule has 90 valence electrons. The van der Waals surface area contributed by atoms with Gasteiger partial charge in [0.25, 0.3) is 0 Å². The topological polar surface area (TPSA) is 38.9 Å². The molecule has 0 saturated heterocycles. The van der Waals surface area contributed by atoms with E-state index in [1.807, 2.05) is 30.5 Å². The molecule has 0 aliphatic carbocycles. The normalized spacial score (nSPS) is 12.7. The van der Waals surface area contributed by atoms with E-state index in [0.29, 0.717) is 11.4 Å². The zero-order valence-corrected chi connectivity index (χ0v) is 12.4. The van der Waals surface area contributed by atoms with E-state index in [4.69, 9.17) is 17.3 Å². The van der Waals surface area contributed by atoms with Crippen molar-refractivity contribution in [3.05, 3.63) is 49.3 Å². The number of aromatic nitrogens is 1. The molecule has 5 heteroatoms. The van der Waals surface area contributed by atoms with E-state index < -0.39 is 0 Å². The van der Waals surface area contributed by atoms with Crippen LogP contribution in [0.4, 0.5) is 0 Å². The van der Waals surface area contributed by atoms with Gasteiger partial charge in [-0.1, -0.05) is 23.7 Å². The van der Waals surface area contributed by atoms with E-state index in [-0.39, 0.29) is 6.04 Å². The Balaban J connectivity index is 2.20. The van der Waals surface area contributed by atoms with E-state index in [9.17, 15) is 0 Å². The predicted octanol–water partition coefficient (Wildman–Crippen LogP) is 4.11. The van der Waals surface area contributed by atoms with Crippen LogP contribution in [0.1, 0.15) is 22.3 Å². The lowest BCUT2D eigenvalue weighted by atomic mass is 10.0. The average Bonchev–Trinajstić information content (AvgIpc) is 2.68. The number of nitrogens with two attached hydrogens (primary N) is 1. The van der Waals surface area contributed by atoms with Gasteiger partial charge in [-0.05, 0) is 34.5 Å². The summed E-state index contributed by atoms with van der Waals surface area (Å²) in [5.74, 6) is 0. The minimum atomic E-state index is -0.124. The lowest BCUT2D eigenvalue weighted by Crippen LogP contribution is -2.14. The van der Waals surface area contributed by atoms with E-state index >= 15 is 0 Å². The van der Waals surface area contributed by atoms with Gasteiger partial charge in [0.1, 0.15) is 0 Å². The summed E-state index contributed by atoms with van der Waals surface area (Å²) in [7, 11) is 0. The summed E-state index contributed by atoms with van der Waals surface area (Å²) < 4.78 is 0.876. The molecule has 1 aromatic carbocycles. The summed E-state index contributed by atoms with van der Waals surface area (Å²) in [5, 5.41) is 3.79. The van der Waals surface area contributed by atoms with Crippen LogP contribution in [0.15, 0.2) is 28.1 Å². The lowest BCUT2D eigenvalue weighted by Gasteiger charge is -2.13. The van der Waals surface area contributed by atoms with Gasteiger partial charge in [0.2, 0.25) is 0 Å². The molecule has 1 aromatic heterocycles. The molecule has 0 aliphatic heterocycles. The average molecular weight is 332 g/mol. The predicted molar refractivity (Wildman–Crippen MR) is 76.6 cm³/mol. The van der Waals surface area contributed by atoms with Crippen LogP contribution in [0, 0.1) is 6.92 Å². The maximum Gasteiger partial charge on any atom is 0.0897 e. The molecule has 17 heavy (non-hydrogen) atoms. The van der Waals surface area contributed by atoms with Gasteiger partial charge in [0.05, 0.1) is 15.7 Å². The van der Waals surface area contributed by atoms with Crippen molar-refractivity contribution >= 4 is 38.9 Å². The highest BCUT2D eigenvalue weighted by Crippen LogP contribution is 2.30. The minimum Gasteiger partial charge on any atom is -0.324 e. The molecule has 1 unspecified atom stereocenters. The van der Waals surface area contributed by atoms with Crippen molar-refractivity contribution in [2.45, 2.75) is 19.4 Å².